The van der Waals surface area contributed by atoms with E-state index in [0.717, 1.165) is 4.90 Å². The van der Waals surface area contributed by atoms with E-state index in [1.165, 1.54) is 13.0 Å². The first kappa shape index (κ1) is 18.8. The van der Waals surface area contributed by atoms with Gasteiger partial charge in [-0.15, -0.1) is 0 Å². The Morgan fingerprint density at radius 1 is 1.26 bits per heavy atom. The molecule has 1 atom stereocenters. The Balaban J connectivity index is 2.20. The van der Waals surface area contributed by atoms with Gasteiger partial charge in [-0.25, -0.2) is 0 Å². The zero-order valence-corrected chi connectivity index (χ0v) is 15.0. The third-order valence-electron chi connectivity index (χ3n) is 4.64. The molecule has 140 valence electrons. The number of nitrogens with zero attached hydrogens (tertiary/aromatic N) is 2. The summed E-state index contributed by atoms with van der Waals surface area (Å²) in [6, 6.07) is 8.45. The van der Waals surface area contributed by atoms with Gasteiger partial charge in [-0.1, -0.05) is 18.2 Å². The number of para-hydroxylation sites is 1. The average molecular weight is 374 g/mol. The minimum Gasteiger partial charge on any atom is -0.461 e. The van der Waals surface area contributed by atoms with Gasteiger partial charge in [0, 0.05) is 28.9 Å². The standard InChI is InChI=1S/C20H17F3N2O2/c1-11-7-16(17(9-24)13(3)25(11)10-20(21,22)23)14-5-4-6-15-18(26)8-12(2)27-19(14)15/h4-8,16H,10H2,1-3H3. The molecule has 2 aromatic rings. The summed E-state index contributed by atoms with van der Waals surface area (Å²) in [5.41, 5.74) is 1.55. The lowest BCUT2D eigenvalue weighted by Crippen LogP contribution is -2.34. The van der Waals surface area contributed by atoms with E-state index in [2.05, 4.69) is 0 Å². The Morgan fingerprint density at radius 2 is 1.96 bits per heavy atom. The quantitative estimate of drug-likeness (QED) is 0.760. The van der Waals surface area contributed by atoms with E-state index >= 15 is 0 Å². The van der Waals surface area contributed by atoms with Crippen LogP contribution in [0.2, 0.25) is 0 Å². The van der Waals surface area contributed by atoms with Gasteiger partial charge in [0.05, 0.1) is 17.0 Å². The number of fused-ring (bicyclic) bond motifs is 1. The monoisotopic (exact) mass is 374 g/mol. The van der Waals surface area contributed by atoms with Crippen LogP contribution in [-0.4, -0.2) is 17.6 Å². The molecule has 1 aliphatic rings. The molecule has 1 unspecified atom stereocenters. The van der Waals surface area contributed by atoms with Crippen molar-refractivity contribution in [1.82, 2.24) is 4.90 Å². The fraction of sp³-hybridized carbons (Fsp3) is 0.300. The fourth-order valence-electron chi connectivity index (χ4n) is 3.43. The van der Waals surface area contributed by atoms with Crippen LogP contribution in [0.3, 0.4) is 0 Å². The molecule has 0 saturated heterocycles. The van der Waals surface area contributed by atoms with Crippen LogP contribution < -0.4 is 5.43 Å². The number of rotatable bonds is 2. The van der Waals surface area contributed by atoms with Gasteiger partial charge < -0.3 is 9.32 Å². The van der Waals surface area contributed by atoms with Gasteiger partial charge in [0.1, 0.15) is 17.9 Å². The number of hydrogen-bond acceptors (Lipinski definition) is 4. The molecule has 2 heterocycles. The van der Waals surface area contributed by atoms with Crippen molar-refractivity contribution in [3.05, 3.63) is 68.9 Å². The molecule has 0 spiro atoms. The number of alkyl halides is 3. The van der Waals surface area contributed by atoms with E-state index in [4.69, 9.17) is 4.42 Å². The molecule has 3 rings (SSSR count). The van der Waals surface area contributed by atoms with Gasteiger partial charge in [-0.2, -0.15) is 18.4 Å². The van der Waals surface area contributed by atoms with Crippen LogP contribution >= 0.6 is 0 Å². The molecule has 1 aliphatic heterocycles. The Morgan fingerprint density at radius 3 is 2.59 bits per heavy atom. The smallest absolute Gasteiger partial charge is 0.406 e. The fourth-order valence-corrected chi connectivity index (χ4v) is 3.43. The van der Waals surface area contributed by atoms with Crippen LogP contribution in [0.1, 0.15) is 31.1 Å². The van der Waals surface area contributed by atoms with Crippen LogP contribution in [0.15, 0.2) is 56.5 Å². The first-order valence-corrected chi connectivity index (χ1v) is 8.29. The number of aryl methyl sites for hydroxylation is 1. The van der Waals surface area contributed by atoms with Crippen molar-refractivity contribution in [3.8, 4) is 6.07 Å². The normalized spacial score (nSPS) is 17.9. The molecule has 0 N–H and O–H groups in total. The summed E-state index contributed by atoms with van der Waals surface area (Å²) < 4.78 is 44.5. The zero-order valence-electron chi connectivity index (χ0n) is 15.0. The maximum atomic E-state index is 12.9. The lowest BCUT2D eigenvalue weighted by molar-refractivity contribution is -0.138. The van der Waals surface area contributed by atoms with Crippen molar-refractivity contribution in [2.75, 3.05) is 6.54 Å². The molecule has 0 saturated carbocycles. The van der Waals surface area contributed by atoms with Crippen LogP contribution in [0, 0.1) is 18.3 Å². The van der Waals surface area contributed by atoms with E-state index in [9.17, 15) is 23.2 Å². The molecule has 27 heavy (non-hydrogen) atoms. The third-order valence-corrected chi connectivity index (χ3v) is 4.64. The van der Waals surface area contributed by atoms with Crippen molar-refractivity contribution in [3.63, 3.8) is 0 Å². The first-order chi connectivity index (χ1) is 12.6. The molecule has 1 aromatic heterocycles. The molecular formula is C20H17F3N2O2. The number of halogens is 3. The van der Waals surface area contributed by atoms with Crippen LogP contribution in [0.25, 0.3) is 11.0 Å². The lowest BCUT2D eigenvalue weighted by Gasteiger charge is -2.34. The van der Waals surface area contributed by atoms with Gasteiger partial charge in [0.25, 0.3) is 0 Å². The number of benzene rings is 1. The van der Waals surface area contributed by atoms with Crippen molar-refractivity contribution in [2.45, 2.75) is 32.9 Å². The second kappa shape index (κ2) is 6.62. The molecule has 0 bridgehead atoms. The van der Waals surface area contributed by atoms with E-state index < -0.39 is 18.6 Å². The predicted octanol–water partition coefficient (Wildman–Crippen LogP) is 4.76. The molecule has 0 amide bonds. The molecule has 7 heteroatoms. The summed E-state index contributed by atoms with van der Waals surface area (Å²) in [5.74, 6) is -0.164. The third kappa shape index (κ3) is 3.47. The Kier molecular flexibility index (Phi) is 4.60. The van der Waals surface area contributed by atoms with Gasteiger partial charge in [-0.05, 0) is 26.8 Å². The minimum atomic E-state index is -4.40. The van der Waals surface area contributed by atoms with Gasteiger partial charge >= 0.3 is 6.18 Å². The summed E-state index contributed by atoms with van der Waals surface area (Å²) in [6.07, 6.45) is -2.79. The Hall–Kier alpha value is -3.01. The van der Waals surface area contributed by atoms with Crippen molar-refractivity contribution in [2.24, 2.45) is 0 Å². The van der Waals surface area contributed by atoms with Gasteiger partial charge in [0.15, 0.2) is 5.43 Å². The van der Waals surface area contributed by atoms with Crippen molar-refractivity contribution in [1.29, 1.82) is 5.26 Å². The highest BCUT2D eigenvalue weighted by Gasteiger charge is 2.35. The van der Waals surface area contributed by atoms with E-state index in [1.807, 2.05) is 6.07 Å². The molecule has 0 radical (unpaired) electrons. The second-order valence-corrected chi connectivity index (χ2v) is 6.54. The average Bonchev–Trinajstić information content (AvgIpc) is 2.57. The minimum absolute atomic E-state index is 0.196. The molecule has 4 nitrogen and oxygen atoms in total. The Bertz CT molecular complexity index is 1070. The lowest BCUT2D eigenvalue weighted by atomic mass is 9.86. The number of nitriles is 1. The van der Waals surface area contributed by atoms with Crippen LogP contribution in [-0.2, 0) is 0 Å². The summed E-state index contributed by atoms with van der Waals surface area (Å²) >= 11 is 0. The van der Waals surface area contributed by atoms with Crippen LogP contribution in [0.5, 0.6) is 0 Å². The second-order valence-electron chi connectivity index (χ2n) is 6.54. The predicted molar refractivity (Wildman–Crippen MR) is 94.8 cm³/mol. The van der Waals surface area contributed by atoms with Crippen molar-refractivity contribution < 1.29 is 17.6 Å². The van der Waals surface area contributed by atoms with E-state index in [1.54, 1.807) is 38.1 Å². The maximum Gasteiger partial charge on any atom is 0.406 e. The van der Waals surface area contributed by atoms with Crippen molar-refractivity contribution >= 4 is 11.0 Å². The van der Waals surface area contributed by atoms with E-state index in [0.29, 0.717) is 28.0 Å². The summed E-state index contributed by atoms with van der Waals surface area (Å²) in [5, 5.41) is 10.0. The number of allylic oxidation sites excluding steroid dienone is 4. The zero-order chi connectivity index (χ0) is 19.9. The summed E-state index contributed by atoms with van der Waals surface area (Å²) in [4.78, 5) is 13.3. The highest BCUT2D eigenvalue weighted by Crippen LogP contribution is 2.39. The molecule has 0 aliphatic carbocycles. The number of hydrogen-bond donors (Lipinski definition) is 0. The largest absolute Gasteiger partial charge is 0.461 e. The maximum absolute atomic E-state index is 12.9. The van der Waals surface area contributed by atoms with Crippen LogP contribution in [0.4, 0.5) is 13.2 Å². The summed E-state index contributed by atoms with van der Waals surface area (Å²) in [6.45, 7) is 3.56. The molecule has 0 fully saturated rings. The summed E-state index contributed by atoms with van der Waals surface area (Å²) in [7, 11) is 0. The Labute approximate surface area is 153 Å². The first-order valence-electron chi connectivity index (χ1n) is 8.29. The highest BCUT2D eigenvalue weighted by atomic mass is 19.4. The SMILES string of the molecule is CC1=CC(c2cccc3c(=O)cc(C)oc23)C(C#N)=C(C)N1CC(F)(F)F. The highest BCUT2D eigenvalue weighted by molar-refractivity contribution is 5.81. The molecular weight excluding hydrogens is 357 g/mol. The van der Waals surface area contributed by atoms with E-state index in [-0.39, 0.29) is 16.7 Å². The van der Waals surface area contributed by atoms with Gasteiger partial charge in [0.2, 0.25) is 0 Å². The molecule has 1 aromatic carbocycles. The topological polar surface area (TPSA) is 57.2 Å². The van der Waals surface area contributed by atoms with Gasteiger partial charge in [-0.3, -0.25) is 4.79 Å².